The number of hydrogen-bond acceptors (Lipinski definition) is 4. The molecule has 0 unspecified atom stereocenters. The maximum atomic E-state index is 9.14. The van der Waals surface area contributed by atoms with Gasteiger partial charge in [0.05, 0.1) is 6.20 Å². The van der Waals surface area contributed by atoms with Crippen molar-refractivity contribution in [1.29, 1.82) is 5.26 Å². The third-order valence-electron chi connectivity index (χ3n) is 2.61. The zero-order valence-electron chi connectivity index (χ0n) is 12.6. The van der Waals surface area contributed by atoms with Gasteiger partial charge >= 0.3 is 0 Å². The average molecular weight is 299 g/mol. The van der Waals surface area contributed by atoms with Crippen molar-refractivity contribution in [2.75, 3.05) is 13.9 Å². The van der Waals surface area contributed by atoms with Gasteiger partial charge in [-0.1, -0.05) is 25.6 Å². The predicted octanol–water partition coefficient (Wildman–Crippen LogP) is 2.42. The van der Waals surface area contributed by atoms with E-state index in [1.54, 1.807) is 11.6 Å². The molecule has 0 amide bonds. The van der Waals surface area contributed by atoms with Crippen molar-refractivity contribution < 1.29 is 9.47 Å². The molecule has 2 rings (SSSR count). The lowest BCUT2D eigenvalue weighted by molar-refractivity contribution is 0.0519. The van der Waals surface area contributed by atoms with Gasteiger partial charge in [0.1, 0.15) is 25.2 Å². The van der Waals surface area contributed by atoms with Gasteiger partial charge < -0.3 is 9.47 Å². The Kier molecular flexibility index (Phi) is 4.32. The molecular formula is C15H17N3O2Si. The van der Waals surface area contributed by atoms with E-state index in [9.17, 15) is 0 Å². The van der Waals surface area contributed by atoms with Crippen LogP contribution in [0.5, 0.6) is 5.75 Å². The van der Waals surface area contributed by atoms with Crippen molar-refractivity contribution in [2.45, 2.75) is 19.6 Å². The van der Waals surface area contributed by atoms with Crippen molar-refractivity contribution in [3.8, 4) is 23.3 Å². The summed E-state index contributed by atoms with van der Waals surface area (Å²) in [5.41, 5.74) is 5.21. The first kappa shape index (κ1) is 15.1. The largest absolute Gasteiger partial charge is 0.465 e. The Morgan fingerprint density at radius 3 is 2.76 bits per heavy atom. The zero-order chi connectivity index (χ0) is 15.5. The van der Waals surface area contributed by atoms with Crippen LogP contribution in [0.15, 0.2) is 18.5 Å². The Morgan fingerprint density at radius 1 is 1.38 bits per heavy atom. The molecule has 2 aromatic rings. The van der Waals surface area contributed by atoms with E-state index in [4.69, 9.17) is 14.7 Å². The molecule has 0 radical (unpaired) electrons. The monoisotopic (exact) mass is 299 g/mol. The van der Waals surface area contributed by atoms with E-state index in [1.165, 1.54) is 6.20 Å². The number of nitrogens with zero attached hydrogens (tertiary/aromatic N) is 3. The highest BCUT2D eigenvalue weighted by atomic mass is 28.3. The number of fused-ring (bicyclic) bond motifs is 1. The third kappa shape index (κ3) is 3.63. The highest BCUT2D eigenvalue weighted by Crippen LogP contribution is 2.24. The lowest BCUT2D eigenvalue weighted by Crippen LogP contribution is -2.16. The minimum atomic E-state index is -1.46. The fourth-order valence-corrected chi connectivity index (χ4v) is 2.25. The molecule has 0 atom stereocenters. The Morgan fingerprint density at radius 2 is 2.14 bits per heavy atom. The van der Waals surface area contributed by atoms with E-state index in [0.717, 1.165) is 5.56 Å². The van der Waals surface area contributed by atoms with E-state index >= 15 is 0 Å². The Labute approximate surface area is 125 Å². The molecule has 0 aromatic carbocycles. The predicted molar refractivity (Wildman–Crippen MR) is 82.6 cm³/mol. The lowest BCUT2D eigenvalue weighted by Gasteiger charge is -2.08. The van der Waals surface area contributed by atoms with Crippen molar-refractivity contribution in [2.24, 2.45) is 0 Å². The van der Waals surface area contributed by atoms with Gasteiger partial charge in [-0.05, 0) is 6.07 Å². The first-order chi connectivity index (χ1) is 9.94. The van der Waals surface area contributed by atoms with Crippen molar-refractivity contribution in [3.63, 3.8) is 0 Å². The molecule has 0 saturated heterocycles. The molecule has 0 bridgehead atoms. The normalized spacial score (nSPS) is 10.8. The molecule has 0 fully saturated rings. The molecule has 0 saturated carbocycles. The van der Waals surface area contributed by atoms with E-state index < -0.39 is 8.07 Å². The van der Waals surface area contributed by atoms with Crippen LogP contribution in [0.4, 0.5) is 0 Å². The van der Waals surface area contributed by atoms with Crippen molar-refractivity contribution in [1.82, 2.24) is 9.61 Å². The van der Waals surface area contributed by atoms with Gasteiger partial charge in [-0.3, -0.25) is 0 Å². The summed E-state index contributed by atoms with van der Waals surface area (Å²) in [6.07, 6.45) is 3.33. The molecule has 5 nitrogen and oxygen atoms in total. The molecule has 6 heteroatoms. The van der Waals surface area contributed by atoms with Crippen LogP contribution in [-0.2, 0) is 4.74 Å². The summed E-state index contributed by atoms with van der Waals surface area (Å²) in [5.74, 6) is 3.72. The average Bonchev–Trinajstić information content (AvgIpc) is 2.85. The van der Waals surface area contributed by atoms with Gasteiger partial charge in [0.25, 0.3) is 0 Å². The molecule has 2 heterocycles. The van der Waals surface area contributed by atoms with Gasteiger partial charge in [-0.25, -0.2) is 4.52 Å². The van der Waals surface area contributed by atoms with Gasteiger partial charge in [-0.15, -0.1) is 5.54 Å². The molecule has 0 aliphatic carbocycles. The standard InChI is InChI=1S/C15H17N3O2Si/c1-19-11-20-14-7-12(5-6-21(2,3)4)10-18-15(14)13(8-16)9-17-18/h7,9-10H,11H2,1-4H3. The van der Waals surface area contributed by atoms with Crippen LogP contribution in [0.3, 0.4) is 0 Å². The molecule has 0 aliphatic rings. The summed E-state index contributed by atoms with van der Waals surface area (Å²) in [6.45, 7) is 6.66. The Hall–Kier alpha value is -2.28. The Bertz CT molecular complexity index is 757. The van der Waals surface area contributed by atoms with Crippen LogP contribution < -0.4 is 4.74 Å². The minimum absolute atomic E-state index is 0.108. The summed E-state index contributed by atoms with van der Waals surface area (Å²) in [4.78, 5) is 0. The number of pyridine rings is 1. The van der Waals surface area contributed by atoms with Gasteiger partial charge in [0.15, 0.2) is 12.5 Å². The summed E-state index contributed by atoms with van der Waals surface area (Å²) in [6, 6.07) is 3.93. The third-order valence-corrected chi connectivity index (χ3v) is 3.49. The summed E-state index contributed by atoms with van der Waals surface area (Å²) in [5, 5.41) is 13.3. The number of hydrogen-bond donors (Lipinski definition) is 0. The first-order valence-electron chi connectivity index (χ1n) is 6.51. The van der Waals surface area contributed by atoms with E-state index in [0.29, 0.717) is 16.8 Å². The molecule has 0 aliphatic heterocycles. The van der Waals surface area contributed by atoms with Crippen LogP contribution in [0.25, 0.3) is 5.52 Å². The van der Waals surface area contributed by atoms with E-state index in [2.05, 4.69) is 42.3 Å². The summed E-state index contributed by atoms with van der Waals surface area (Å²) >= 11 is 0. The van der Waals surface area contributed by atoms with Crippen molar-refractivity contribution >= 4 is 13.6 Å². The molecule has 2 aromatic heterocycles. The minimum Gasteiger partial charge on any atom is -0.465 e. The van der Waals surface area contributed by atoms with E-state index in [-0.39, 0.29) is 6.79 Å². The second-order valence-electron chi connectivity index (χ2n) is 5.61. The molecular weight excluding hydrogens is 282 g/mol. The van der Waals surface area contributed by atoms with Crippen LogP contribution >= 0.6 is 0 Å². The van der Waals surface area contributed by atoms with Gasteiger partial charge in [0.2, 0.25) is 0 Å². The number of ether oxygens (including phenoxy) is 2. The smallest absolute Gasteiger partial charge is 0.188 e. The van der Waals surface area contributed by atoms with Crippen LogP contribution in [0.1, 0.15) is 11.1 Å². The van der Waals surface area contributed by atoms with Crippen LogP contribution in [0, 0.1) is 22.8 Å². The lowest BCUT2D eigenvalue weighted by atomic mass is 10.2. The van der Waals surface area contributed by atoms with Gasteiger partial charge in [0, 0.05) is 18.9 Å². The quantitative estimate of drug-likeness (QED) is 0.496. The fraction of sp³-hybridized carbons (Fsp3) is 0.333. The second-order valence-corrected chi connectivity index (χ2v) is 10.4. The van der Waals surface area contributed by atoms with Crippen LogP contribution in [-0.4, -0.2) is 31.6 Å². The summed E-state index contributed by atoms with van der Waals surface area (Å²) < 4.78 is 12.1. The topological polar surface area (TPSA) is 59.6 Å². The molecule has 0 N–H and O–H groups in total. The molecule has 0 spiro atoms. The van der Waals surface area contributed by atoms with E-state index in [1.807, 2.05) is 12.3 Å². The number of aromatic nitrogens is 2. The van der Waals surface area contributed by atoms with Crippen molar-refractivity contribution in [3.05, 3.63) is 29.6 Å². The SMILES string of the molecule is COCOc1cc(C#C[Si](C)(C)C)cn2ncc(C#N)c12. The number of rotatable bonds is 3. The van der Waals surface area contributed by atoms with Gasteiger partial charge in [-0.2, -0.15) is 10.4 Å². The highest BCUT2D eigenvalue weighted by Gasteiger charge is 2.12. The van der Waals surface area contributed by atoms with Crippen LogP contribution in [0.2, 0.25) is 19.6 Å². The second kappa shape index (κ2) is 6.00. The maximum absolute atomic E-state index is 9.14. The number of nitriles is 1. The Balaban J connectivity index is 2.55. The summed E-state index contributed by atoms with van der Waals surface area (Å²) in [7, 11) is 0.0887. The molecule has 21 heavy (non-hydrogen) atoms. The fourth-order valence-electron chi connectivity index (χ4n) is 1.73. The first-order valence-corrected chi connectivity index (χ1v) is 10.0. The zero-order valence-corrected chi connectivity index (χ0v) is 13.6. The maximum Gasteiger partial charge on any atom is 0.188 e. The number of methoxy groups -OCH3 is 1. The molecule has 108 valence electrons. The highest BCUT2D eigenvalue weighted by molar-refractivity contribution is 6.83.